The molecule has 7 heteroatoms. The molecule has 2 aromatic carbocycles. The smallest absolute Gasteiger partial charge is 0.339 e. The van der Waals surface area contributed by atoms with Crippen LogP contribution in [-0.4, -0.2) is 31.2 Å². The molecule has 0 aliphatic carbocycles. The van der Waals surface area contributed by atoms with E-state index in [0.29, 0.717) is 30.4 Å². The molecule has 6 nitrogen and oxygen atoms in total. The highest BCUT2D eigenvalue weighted by Crippen LogP contribution is 2.38. The van der Waals surface area contributed by atoms with E-state index in [2.05, 4.69) is 5.32 Å². The monoisotopic (exact) mass is 375 g/mol. The number of benzene rings is 2. The Bertz CT molecular complexity index is 852. The Morgan fingerprint density at radius 2 is 1.92 bits per heavy atom. The standard InChI is InChI=1S/C19H18ClNO5/c1-11-5-3-4-6-15(11)21-18(22)12(2)26-19(23)13-9-14(20)17-16(10-13)24-7-8-25-17/h3-6,9-10,12H,7-8H2,1-2H3,(H,21,22). The van der Waals surface area contributed by atoms with Crippen LogP contribution in [0.2, 0.25) is 5.02 Å². The van der Waals surface area contributed by atoms with Gasteiger partial charge in [-0.05, 0) is 37.6 Å². The number of halogens is 1. The van der Waals surface area contributed by atoms with Gasteiger partial charge in [-0.1, -0.05) is 29.8 Å². The molecule has 0 saturated heterocycles. The third-order valence-electron chi connectivity index (χ3n) is 3.89. The van der Waals surface area contributed by atoms with Crippen LogP contribution in [0.15, 0.2) is 36.4 Å². The quantitative estimate of drug-likeness (QED) is 0.826. The van der Waals surface area contributed by atoms with E-state index in [0.717, 1.165) is 5.56 Å². The fourth-order valence-electron chi connectivity index (χ4n) is 2.46. The van der Waals surface area contributed by atoms with Crippen LogP contribution in [0.1, 0.15) is 22.8 Å². The molecule has 0 spiro atoms. The van der Waals surface area contributed by atoms with Crippen molar-refractivity contribution in [3.05, 3.63) is 52.5 Å². The molecule has 1 amide bonds. The van der Waals surface area contributed by atoms with Crippen molar-refractivity contribution in [2.24, 2.45) is 0 Å². The molecule has 0 fully saturated rings. The highest BCUT2D eigenvalue weighted by atomic mass is 35.5. The molecule has 1 aliphatic rings. The maximum Gasteiger partial charge on any atom is 0.339 e. The fourth-order valence-corrected chi connectivity index (χ4v) is 2.72. The highest BCUT2D eigenvalue weighted by Gasteiger charge is 2.23. The van der Waals surface area contributed by atoms with Gasteiger partial charge in [0.05, 0.1) is 10.6 Å². The molecule has 136 valence electrons. The van der Waals surface area contributed by atoms with E-state index in [-0.39, 0.29) is 10.6 Å². The zero-order valence-electron chi connectivity index (χ0n) is 14.4. The molecule has 26 heavy (non-hydrogen) atoms. The predicted molar refractivity (Wildman–Crippen MR) is 97.1 cm³/mol. The Morgan fingerprint density at radius 1 is 1.19 bits per heavy atom. The summed E-state index contributed by atoms with van der Waals surface area (Å²) < 4.78 is 16.1. The highest BCUT2D eigenvalue weighted by molar-refractivity contribution is 6.32. The molecular weight excluding hydrogens is 358 g/mol. The largest absolute Gasteiger partial charge is 0.486 e. The maximum absolute atomic E-state index is 12.4. The molecule has 3 rings (SSSR count). The maximum atomic E-state index is 12.4. The van der Waals surface area contributed by atoms with Gasteiger partial charge in [-0.2, -0.15) is 0 Å². The lowest BCUT2D eigenvalue weighted by Gasteiger charge is -2.20. The van der Waals surface area contributed by atoms with Crippen molar-refractivity contribution in [1.29, 1.82) is 0 Å². The number of nitrogens with one attached hydrogen (secondary N) is 1. The SMILES string of the molecule is Cc1ccccc1NC(=O)C(C)OC(=O)c1cc(Cl)c2c(c1)OCCO2. The first kappa shape index (κ1) is 18.1. The van der Waals surface area contributed by atoms with Crippen LogP contribution in [0.3, 0.4) is 0 Å². The molecule has 0 saturated carbocycles. The molecule has 1 heterocycles. The number of hydrogen-bond donors (Lipinski definition) is 1. The van der Waals surface area contributed by atoms with Gasteiger partial charge in [0.25, 0.3) is 5.91 Å². The number of ether oxygens (including phenoxy) is 3. The number of esters is 1. The average Bonchev–Trinajstić information content (AvgIpc) is 2.63. The number of rotatable bonds is 4. The molecular formula is C19H18ClNO5. The van der Waals surface area contributed by atoms with E-state index in [1.807, 2.05) is 25.1 Å². The van der Waals surface area contributed by atoms with Crippen LogP contribution in [-0.2, 0) is 9.53 Å². The van der Waals surface area contributed by atoms with Crippen LogP contribution >= 0.6 is 11.6 Å². The Balaban J connectivity index is 1.68. The Hall–Kier alpha value is -2.73. The van der Waals surface area contributed by atoms with Crippen molar-refractivity contribution in [1.82, 2.24) is 0 Å². The molecule has 1 aliphatic heterocycles. The van der Waals surface area contributed by atoms with Gasteiger partial charge in [0.1, 0.15) is 13.2 Å². The minimum atomic E-state index is -0.978. The predicted octanol–water partition coefficient (Wildman–Crippen LogP) is 3.60. The van der Waals surface area contributed by atoms with E-state index >= 15 is 0 Å². The van der Waals surface area contributed by atoms with Crippen molar-refractivity contribution in [3.63, 3.8) is 0 Å². The number of anilines is 1. The van der Waals surface area contributed by atoms with Gasteiger partial charge in [0.2, 0.25) is 0 Å². The van der Waals surface area contributed by atoms with Crippen molar-refractivity contribution < 1.29 is 23.8 Å². The van der Waals surface area contributed by atoms with E-state index < -0.39 is 18.0 Å². The minimum Gasteiger partial charge on any atom is -0.486 e. The fraction of sp³-hybridized carbons (Fsp3) is 0.263. The summed E-state index contributed by atoms with van der Waals surface area (Å²) in [5.41, 5.74) is 1.77. The van der Waals surface area contributed by atoms with E-state index in [4.69, 9.17) is 25.8 Å². The first-order chi connectivity index (χ1) is 12.5. The first-order valence-corrected chi connectivity index (χ1v) is 8.50. The first-order valence-electron chi connectivity index (χ1n) is 8.12. The van der Waals surface area contributed by atoms with E-state index in [9.17, 15) is 9.59 Å². The van der Waals surface area contributed by atoms with Gasteiger partial charge in [-0.25, -0.2) is 4.79 Å². The van der Waals surface area contributed by atoms with Crippen LogP contribution in [0.5, 0.6) is 11.5 Å². The summed E-state index contributed by atoms with van der Waals surface area (Å²) in [6.07, 6.45) is -0.978. The number of hydrogen-bond acceptors (Lipinski definition) is 5. The summed E-state index contributed by atoms with van der Waals surface area (Å²) in [5.74, 6) is -0.305. The lowest BCUT2D eigenvalue weighted by molar-refractivity contribution is -0.123. The number of fused-ring (bicyclic) bond motifs is 1. The third-order valence-corrected chi connectivity index (χ3v) is 4.17. The van der Waals surface area contributed by atoms with Crippen molar-refractivity contribution in [2.75, 3.05) is 18.5 Å². The number of carbonyl (C=O) groups is 2. The molecule has 1 atom stereocenters. The van der Waals surface area contributed by atoms with Crippen molar-refractivity contribution >= 4 is 29.2 Å². The zero-order chi connectivity index (χ0) is 18.7. The van der Waals surface area contributed by atoms with Crippen LogP contribution in [0.4, 0.5) is 5.69 Å². The second-order valence-electron chi connectivity index (χ2n) is 5.83. The minimum absolute atomic E-state index is 0.190. The van der Waals surface area contributed by atoms with Crippen molar-refractivity contribution in [3.8, 4) is 11.5 Å². The van der Waals surface area contributed by atoms with Crippen LogP contribution in [0, 0.1) is 6.92 Å². The number of para-hydroxylation sites is 1. The zero-order valence-corrected chi connectivity index (χ0v) is 15.1. The van der Waals surface area contributed by atoms with Crippen molar-refractivity contribution in [2.45, 2.75) is 20.0 Å². The number of carbonyl (C=O) groups excluding carboxylic acids is 2. The average molecular weight is 376 g/mol. The second kappa shape index (κ2) is 7.66. The molecule has 2 aromatic rings. The van der Waals surface area contributed by atoms with Gasteiger partial charge >= 0.3 is 5.97 Å². The molecule has 1 N–H and O–H groups in total. The Kier molecular flexibility index (Phi) is 5.32. The third kappa shape index (κ3) is 3.91. The Morgan fingerprint density at radius 3 is 2.69 bits per heavy atom. The summed E-state index contributed by atoms with van der Waals surface area (Å²) in [5, 5.41) is 3.00. The van der Waals surface area contributed by atoms with Crippen LogP contribution < -0.4 is 14.8 Å². The van der Waals surface area contributed by atoms with Gasteiger partial charge in [-0.15, -0.1) is 0 Å². The van der Waals surface area contributed by atoms with Gasteiger partial charge < -0.3 is 19.5 Å². The summed E-state index contributed by atoms with van der Waals surface area (Å²) in [4.78, 5) is 24.6. The molecule has 0 radical (unpaired) electrons. The molecule has 0 bridgehead atoms. The Labute approximate surface area is 156 Å². The normalized spacial score (nSPS) is 13.7. The van der Waals surface area contributed by atoms with Gasteiger partial charge in [0, 0.05) is 5.69 Å². The second-order valence-corrected chi connectivity index (χ2v) is 6.24. The lowest BCUT2D eigenvalue weighted by Crippen LogP contribution is -2.30. The van der Waals surface area contributed by atoms with E-state index in [1.54, 1.807) is 6.07 Å². The molecule has 1 unspecified atom stereocenters. The summed E-state index contributed by atoms with van der Waals surface area (Å²) in [7, 11) is 0. The number of amides is 1. The summed E-state index contributed by atoms with van der Waals surface area (Å²) in [6.45, 7) is 4.15. The lowest BCUT2D eigenvalue weighted by atomic mass is 10.2. The van der Waals surface area contributed by atoms with Crippen LogP contribution in [0.25, 0.3) is 0 Å². The summed E-state index contributed by atoms with van der Waals surface area (Å²) in [6, 6.07) is 10.3. The number of aryl methyl sites for hydroxylation is 1. The van der Waals surface area contributed by atoms with Gasteiger partial charge in [0.15, 0.2) is 17.6 Å². The van der Waals surface area contributed by atoms with E-state index in [1.165, 1.54) is 19.1 Å². The molecule has 0 aromatic heterocycles. The topological polar surface area (TPSA) is 73.9 Å². The van der Waals surface area contributed by atoms with Gasteiger partial charge in [-0.3, -0.25) is 4.79 Å². The summed E-state index contributed by atoms with van der Waals surface area (Å²) >= 11 is 6.12.